The lowest BCUT2D eigenvalue weighted by atomic mass is 10.2. The average molecular weight is 401 g/mol. The van der Waals surface area contributed by atoms with Crippen LogP contribution >= 0.6 is 0 Å². The lowest BCUT2D eigenvalue weighted by molar-refractivity contribution is -0.00585. The van der Waals surface area contributed by atoms with Crippen molar-refractivity contribution >= 4 is 17.1 Å². The zero-order chi connectivity index (χ0) is 20.9. The summed E-state index contributed by atoms with van der Waals surface area (Å²) in [5.74, 6) is 0.229. The molecule has 1 saturated heterocycles. The molecule has 1 aliphatic heterocycles. The van der Waals surface area contributed by atoms with Crippen molar-refractivity contribution in [2.24, 2.45) is 14.1 Å². The molecule has 2 atom stereocenters. The summed E-state index contributed by atoms with van der Waals surface area (Å²) in [4.78, 5) is 32.1. The van der Waals surface area contributed by atoms with Gasteiger partial charge in [-0.3, -0.25) is 18.5 Å². The highest BCUT2D eigenvalue weighted by molar-refractivity contribution is 5.75. The average Bonchev–Trinajstić information content (AvgIpc) is 3.03. The van der Waals surface area contributed by atoms with Crippen molar-refractivity contribution in [1.82, 2.24) is 18.7 Å². The molecular weight excluding hydrogens is 377 g/mol. The molecule has 0 radical (unpaired) electrons. The van der Waals surface area contributed by atoms with Crippen LogP contribution in [0.15, 0.2) is 33.9 Å². The fourth-order valence-electron chi connectivity index (χ4n) is 3.99. The minimum absolute atomic E-state index is 0.00663. The number of rotatable bonds is 3. The molecule has 8 nitrogen and oxygen atoms in total. The Hall–Kier alpha value is -2.94. The number of imidazole rings is 1. The molecule has 4 rings (SSSR count). The van der Waals surface area contributed by atoms with Gasteiger partial charge in [-0.05, 0) is 31.5 Å². The fourth-order valence-corrected chi connectivity index (χ4v) is 3.99. The molecule has 0 saturated carbocycles. The van der Waals surface area contributed by atoms with E-state index in [0.29, 0.717) is 35.8 Å². The van der Waals surface area contributed by atoms with E-state index in [-0.39, 0.29) is 24.6 Å². The molecule has 1 aliphatic rings. The monoisotopic (exact) mass is 401 g/mol. The Morgan fingerprint density at radius 3 is 2.48 bits per heavy atom. The third-order valence-electron chi connectivity index (χ3n) is 5.26. The predicted molar refractivity (Wildman–Crippen MR) is 108 cm³/mol. The summed E-state index contributed by atoms with van der Waals surface area (Å²) in [5.41, 5.74) is 0.480. The van der Waals surface area contributed by atoms with Crippen molar-refractivity contribution in [2.75, 3.05) is 18.0 Å². The molecule has 9 heteroatoms. The molecule has 0 bridgehead atoms. The molecule has 0 N–H and O–H groups in total. The highest BCUT2D eigenvalue weighted by atomic mass is 19.1. The molecule has 0 unspecified atom stereocenters. The fraction of sp³-hybridized carbons (Fsp3) is 0.450. The minimum Gasteiger partial charge on any atom is -0.372 e. The van der Waals surface area contributed by atoms with Crippen molar-refractivity contribution in [3.05, 3.63) is 56.5 Å². The Bertz CT molecular complexity index is 1190. The third-order valence-corrected chi connectivity index (χ3v) is 5.26. The number of halogens is 1. The molecule has 1 fully saturated rings. The topological polar surface area (TPSA) is 74.3 Å². The number of benzene rings is 1. The Morgan fingerprint density at radius 1 is 1.14 bits per heavy atom. The normalized spacial score (nSPS) is 19.8. The van der Waals surface area contributed by atoms with E-state index in [1.54, 1.807) is 23.7 Å². The second-order valence-electron chi connectivity index (χ2n) is 7.67. The van der Waals surface area contributed by atoms with Crippen LogP contribution in [0.1, 0.15) is 19.4 Å². The van der Waals surface area contributed by atoms with Gasteiger partial charge in [-0.15, -0.1) is 0 Å². The van der Waals surface area contributed by atoms with Gasteiger partial charge < -0.3 is 9.64 Å². The molecule has 2 aromatic heterocycles. The number of hydrogen-bond donors (Lipinski definition) is 0. The largest absolute Gasteiger partial charge is 0.372 e. The van der Waals surface area contributed by atoms with E-state index in [1.165, 1.54) is 23.7 Å². The van der Waals surface area contributed by atoms with Crippen LogP contribution in [0, 0.1) is 5.82 Å². The van der Waals surface area contributed by atoms with E-state index in [4.69, 9.17) is 4.74 Å². The number of aryl methyl sites for hydroxylation is 1. The maximum atomic E-state index is 13.8. The Labute approximate surface area is 166 Å². The van der Waals surface area contributed by atoms with Crippen molar-refractivity contribution in [3.63, 3.8) is 0 Å². The second kappa shape index (κ2) is 7.14. The Balaban J connectivity index is 1.96. The zero-order valence-electron chi connectivity index (χ0n) is 16.9. The first kappa shape index (κ1) is 19.4. The van der Waals surface area contributed by atoms with Crippen LogP contribution in [0.25, 0.3) is 11.2 Å². The van der Waals surface area contributed by atoms with Gasteiger partial charge in [-0.2, -0.15) is 4.98 Å². The smallest absolute Gasteiger partial charge is 0.332 e. The summed E-state index contributed by atoms with van der Waals surface area (Å²) < 4.78 is 23.8. The van der Waals surface area contributed by atoms with Crippen molar-refractivity contribution in [2.45, 2.75) is 32.6 Å². The zero-order valence-corrected chi connectivity index (χ0v) is 16.9. The van der Waals surface area contributed by atoms with E-state index >= 15 is 0 Å². The molecular formula is C20H24FN5O3. The van der Waals surface area contributed by atoms with Crippen LogP contribution in [0.2, 0.25) is 0 Å². The number of hydrogen-bond acceptors (Lipinski definition) is 5. The summed E-state index contributed by atoms with van der Waals surface area (Å²) in [5, 5.41) is 0. The van der Waals surface area contributed by atoms with Crippen LogP contribution in [-0.2, 0) is 25.4 Å². The van der Waals surface area contributed by atoms with Gasteiger partial charge in [-0.25, -0.2) is 9.18 Å². The van der Waals surface area contributed by atoms with Crippen LogP contribution in [-0.4, -0.2) is 44.0 Å². The van der Waals surface area contributed by atoms with Crippen LogP contribution < -0.4 is 16.1 Å². The summed E-state index contributed by atoms with van der Waals surface area (Å²) in [6, 6.07) is 6.25. The lowest BCUT2D eigenvalue weighted by Crippen LogP contribution is -2.46. The summed E-state index contributed by atoms with van der Waals surface area (Å²) in [6.45, 7) is 5.43. The van der Waals surface area contributed by atoms with Gasteiger partial charge in [0.2, 0.25) is 5.95 Å². The van der Waals surface area contributed by atoms with Gasteiger partial charge in [0.15, 0.2) is 11.2 Å². The van der Waals surface area contributed by atoms with Crippen LogP contribution in [0.5, 0.6) is 0 Å². The van der Waals surface area contributed by atoms with Crippen molar-refractivity contribution < 1.29 is 9.13 Å². The van der Waals surface area contributed by atoms with Gasteiger partial charge in [-0.1, -0.05) is 12.1 Å². The Morgan fingerprint density at radius 2 is 1.83 bits per heavy atom. The van der Waals surface area contributed by atoms with Gasteiger partial charge in [0.1, 0.15) is 5.82 Å². The first-order valence-corrected chi connectivity index (χ1v) is 9.57. The quantitative estimate of drug-likeness (QED) is 0.660. The molecule has 3 heterocycles. The maximum Gasteiger partial charge on any atom is 0.332 e. The van der Waals surface area contributed by atoms with E-state index in [9.17, 15) is 14.0 Å². The minimum atomic E-state index is -0.437. The van der Waals surface area contributed by atoms with Gasteiger partial charge >= 0.3 is 5.69 Å². The van der Waals surface area contributed by atoms with Crippen LogP contribution in [0.3, 0.4) is 0 Å². The van der Waals surface area contributed by atoms with Gasteiger partial charge in [0.05, 0.1) is 18.8 Å². The van der Waals surface area contributed by atoms with E-state index in [2.05, 4.69) is 9.88 Å². The first-order chi connectivity index (χ1) is 13.8. The van der Waals surface area contributed by atoms with Crippen molar-refractivity contribution in [3.8, 4) is 0 Å². The summed E-state index contributed by atoms with van der Waals surface area (Å²) >= 11 is 0. The summed E-state index contributed by atoms with van der Waals surface area (Å²) in [6.07, 6.45) is -0.0133. The first-order valence-electron chi connectivity index (χ1n) is 9.57. The number of ether oxygens (including phenoxy) is 1. The van der Waals surface area contributed by atoms with Crippen LogP contribution in [0.4, 0.5) is 10.3 Å². The predicted octanol–water partition coefficient (Wildman–Crippen LogP) is 1.23. The molecule has 29 heavy (non-hydrogen) atoms. The molecule has 0 spiro atoms. The standard InChI is InChI=1S/C20H24FN5O3/c1-12-9-25(10-13(2)29-12)19-22-17-16(18(27)24(4)20(28)23(17)3)26(19)11-14-6-5-7-15(21)8-14/h5-8,12-13H,9-11H2,1-4H3/t12-,13-/m1/s1. The van der Waals surface area contributed by atoms with Crippen molar-refractivity contribution in [1.29, 1.82) is 0 Å². The third kappa shape index (κ3) is 3.35. The maximum absolute atomic E-state index is 13.8. The number of morpholine rings is 1. The molecule has 154 valence electrons. The Kier molecular flexibility index (Phi) is 4.77. The van der Waals surface area contributed by atoms with E-state index < -0.39 is 11.2 Å². The number of fused-ring (bicyclic) bond motifs is 1. The molecule has 0 aliphatic carbocycles. The molecule has 0 amide bonds. The molecule has 3 aromatic rings. The lowest BCUT2D eigenvalue weighted by Gasteiger charge is -2.36. The van der Waals surface area contributed by atoms with E-state index in [1.807, 2.05) is 13.8 Å². The molecule has 1 aromatic carbocycles. The SMILES string of the molecule is C[C@@H]1CN(c2nc3c(c(=O)n(C)c(=O)n3C)n2Cc2cccc(F)c2)C[C@@H](C)O1. The van der Waals surface area contributed by atoms with E-state index in [0.717, 1.165) is 4.57 Å². The highest BCUT2D eigenvalue weighted by Gasteiger charge is 2.28. The number of anilines is 1. The number of nitrogens with zero attached hydrogens (tertiary/aromatic N) is 5. The highest BCUT2D eigenvalue weighted by Crippen LogP contribution is 2.24. The van der Waals surface area contributed by atoms with Gasteiger partial charge in [0, 0.05) is 27.2 Å². The van der Waals surface area contributed by atoms with Gasteiger partial charge in [0.25, 0.3) is 5.56 Å². The second-order valence-corrected chi connectivity index (χ2v) is 7.67. The summed E-state index contributed by atoms with van der Waals surface area (Å²) in [7, 11) is 3.04. The number of aromatic nitrogens is 4.